The van der Waals surface area contributed by atoms with Gasteiger partial charge in [-0.15, -0.1) is 0 Å². The van der Waals surface area contributed by atoms with Gasteiger partial charge in [-0.05, 0) is 6.07 Å². The number of ketones is 1. The first-order chi connectivity index (χ1) is 6.45. The van der Waals surface area contributed by atoms with Crippen LogP contribution in [0.1, 0.15) is 36.2 Å². The molecule has 0 unspecified atom stereocenters. The van der Waals surface area contributed by atoms with E-state index in [1.807, 2.05) is 0 Å². The normalized spacial score (nSPS) is 11.4. The molecule has 0 radical (unpaired) electrons. The minimum atomic E-state index is -2.88. The lowest BCUT2D eigenvalue weighted by Gasteiger charge is -2.11. The van der Waals surface area contributed by atoms with Crippen molar-refractivity contribution in [2.45, 2.75) is 26.2 Å². The van der Waals surface area contributed by atoms with Crippen molar-refractivity contribution in [3.8, 4) is 0 Å². The van der Waals surface area contributed by atoms with Gasteiger partial charge in [0, 0.05) is 24.5 Å². The second-order valence-electron chi connectivity index (χ2n) is 3.25. The Hall–Kier alpha value is -1.25. The molecule has 0 bridgehead atoms. The van der Waals surface area contributed by atoms with E-state index in [1.165, 1.54) is 18.2 Å². The third kappa shape index (κ3) is 2.37. The molecule has 0 amide bonds. The first-order valence-corrected chi connectivity index (χ1v) is 4.46. The Balaban J connectivity index is 3.08. The fourth-order valence-corrected chi connectivity index (χ4v) is 1.17. The highest BCUT2D eigenvalue weighted by atomic mass is 19.3. The van der Waals surface area contributed by atoms with E-state index in [9.17, 15) is 13.6 Å². The minimum absolute atomic E-state index is 0.114. The van der Waals surface area contributed by atoms with Gasteiger partial charge in [-0.25, -0.2) is 8.78 Å². The van der Waals surface area contributed by atoms with E-state index in [0.29, 0.717) is 12.0 Å². The molecular weight excluding hydrogens is 186 g/mol. The van der Waals surface area contributed by atoms with E-state index in [2.05, 4.69) is 0 Å². The van der Waals surface area contributed by atoms with Gasteiger partial charge in [0.15, 0.2) is 5.78 Å². The highest BCUT2D eigenvalue weighted by Crippen LogP contribution is 2.27. The van der Waals surface area contributed by atoms with Crippen LogP contribution in [0.25, 0.3) is 0 Å². The number of carbonyl (C=O) groups is 1. The van der Waals surface area contributed by atoms with Crippen LogP contribution in [-0.4, -0.2) is 5.78 Å². The quantitative estimate of drug-likeness (QED) is 0.680. The molecule has 0 aromatic heterocycles. The average Bonchev–Trinajstić information content (AvgIpc) is 2.15. The number of hydrogen-bond acceptors (Lipinski definition) is 1. The van der Waals surface area contributed by atoms with Crippen molar-refractivity contribution in [3.63, 3.8) is 0 Å². The summed E-state index contributed by atoms with van der Waals surface area (Å²) in [5.74, 6) is -3.00. The summed E-state index contributed by atoms with van der Waals surface area (Å²) >= 11 is 0. The van der Waals surface area contributed by atoms with Crippen LogP contribution in [0.2, 0.25) is 0 Å². The summed E-state index contributed by atoms with van der Waals surface area (Å²) in [5.41, 5.74) is 0.239. The van der Waals surface area contributed by atoms with Gasteiger partial charge in [-0.1, -0.05) is 25.1 Å². The Morgan fingerprint density at radius 1 is 1.43 bits per heavy atom. The maximum atomic E-state index is 12.9. The van der Waals surface area contributed by atoms with Crippen molar-refractivity contribution >= 4 is 5.78 Å². The average molecular weight is 198 g/mol. The third-order valence-electron chi connectivity index (χ3n) is 2.01. The van der Waals surface area contributed by atoms with Crippen molar-refractivity contribution in [3.05, 3.63) is 35.4 Å². The van der Waals surface area contributed by atoms with Crippen molar-refractivity contribution in [2.75, 3.05) is 0 Å². The molecule has 1 aromatic rings. The van der Waals surface area contributed by atoms with Crippen molar-refractivity contribution < 1.29 is 13.6 Å². The van der Waals surface area contributed by atoms with E-state index in [-0.39, 0.29) is 11.3 Å². The Kier molecular flexibility index (Phi) is 2.99. The molecule has 0 saturated carbocycles. The molecule has 1 aromatic carbocycles. The molecule has 0 aliphatic carbocycles. The van der Waals surface area contributed by atoms with E-state index in [0.717, 1.165) is 6.92 Å². The number of carbonyl (C=O) groups excluding carboxylic acids is 1. The topological polar surface area (TPSA) is 17.1 Å². The number of benzene rings is 1. The monoisotopic (exact) mass is 198 g/mol. The maximum Gasteiger partial charge on any atom is 0.270 e. The van der Waals surface area contributed by atoms with Gasteiger partial charge in [0.05, 0.1) is 0 Å². The molecule has 0 fully saturated rings. The molecule has 0 heterocycles. The molecule has 0 saturated heterocycles. The van der Waals surface area contributed by atoms with Gasteiger partial charge in [0.25, 0.3) is 5.92 Å². The molecule has 3 heteroatoms. The van der Waals surface area contributed by atoms with Gasteiger partial charge >= 0.3 is 0 Å². The van der Waals surface area contributed by atoms with Crippen LogP contribution >= 0.6 is 0 Å². The fraction of sp³-hybridized carbons (Fsp3) is 0.364. The molecule has 76 valence electrons. The number of rotatable bonds is 3. The van der Waals surface area contributed by atoms with E-state index in [4.69, 9.17) is 0 Å². The first kappa shape index (κ1) is 10.8. The first-order valence-electron chi connectivity index (χ1n) is 4.46. The predicted molar refractivity (Wildman–Crippen MR) is 50.6 cm³/mol. The summed E-state index contributed by atoms with van der Waals surface area (Å²) in [4.78, 5) is 11.2. The molecule has 0 N–H and O–H groups in total. The standard InChI is InChI=1S/C11H12F2O/c1-3-10(14)8-5-4-6-9(7-8)11(2,12)13/h4-7H,3H2,1-2H3. The van der Waals surface area contributed by atoms with E-state index >= 15 is 0 Å². The van der Waals surface area contributed by atoms with Crippen molar-refractivity contribution in [2.24, 2.45) is 0 Å². The Labute approximate surface area is 81.7 Å². The van der Waals surface area contributed by atoms with Crippen LogP contribution in [0.3, 0.4) is 0 Å². The second-order valence-corrected chi connectivity index (χ2v) is 3.25. The zero-order chi connectivity index (χ0) is 10.8. The highest BCUT2D eigenvalue weighted by molar-refractivity contribution is 5.95. The number of hydrogen-bond donors (Lipinski definition) is 0. The molecule has 0 atom stereocenters. The van der Waals surface area contributed by atoms with Crippen molar-refractivity contribution in [1.82, 2.24) is 0 Å². The van der Waals surface area contributed by atoms with Crippen LogP contribution in [-0.2, 0) is 5.92 Å². The Morgan fingerprint density at radius 2 is 2.07 bits per heavy atom. The molecular formula is C11H12F2O. The molecule has 1 rings (SSSR count). The van der Waals surface area contributed by atoms with Gasteiger partial charge < -0.3 is 0 Å². The summed E-state index contributed by atoms with van der Waals surface area (Å²) in [6.07, 6.45) is 0.332. The van der Waals surface area contributed by atoms with E-state index in [1.54, 1.807) is 13.0 Å². The van der Waals surface area contributed by atoms with Crippen molar-refractivity contribution in [1.29, 1.82) is 0 Å². The third-order valence-corrected chi connectivity index (χ3v) is 2.01. The lowest BCUT2D eigenvalue weighted by molar-refractivity contribution is 0.0174. The number of alkyl halides is 2. The smallest absolute Gasteiger partial charge is 0.270 e. The second kappa shape index (κ2) is 3.86. The fourth-order valence-electron chi connectivity index (χ4n) is 1.17. The Morgan fingerprint density at radius 3 is 2.57 bits per heavy atom. The van der Waals surface area contributed by atoms with Gasteiger partial charge in [-0.3, -0.25) is 4.79 Å². The molecule has 0 aliphatic rings. The van der Waals surface area contributed by atoms with Crippen LogP contribution < -0.4 is 0 Å². The van der Waals surface area contributed by atoms with Crippen LogP contribution in [0, 0.1) is 0 Å². The largest absolute Gasteiger partial charge is 0.294 e. The summed E-state index contributed by atoms with van der Waals surface area (Å²) in [6, 6.07) is 5.62. The molecule has 0 aliphatic heterocycles. The molecule has 14 heavy (non-hydrogen) atoms. The predicted octanol–water partition coefficient (Wildman–Crippen LogP) is 3.39. The summed E-state index contributed by atoms with van der Waals surface area (Å²) in [7, 11) is 0. The summed E-state index contributed by atoms with van der Waals surface area (Å²) in [6.45, 7) is 2.53. The summed E-state index contributed by atoms with van der Waals surface area (Å²) in [5, 5.41) is 0. The number of halogens is 2. The maximum absolute atomic E-state index is 12.9. The molecule has 1 nitrogen and oxygen atoms in total. The van der Waals surface area contributed by atoms with Crippen LogP contribution in [0.15, 0.2) is 24.3 Å². The lowest BCUT2D eigenvalue weighted by atomic mass is 10.0. The SMILES string of the molecule is CCC(=O)c1cccc(C(C)(F)F)c1. The zero-order valence-corrected chi connectivity index (χ0v) is 8.18. The lowest BCUT2D eigenvalue weighted by Crippen LogP contribution is -2.08. The molecule has 0 spiro atoms. The van der Waals surface area contributed by atoms with E-state index < -0.39 is 5.92 Å². The van der Waals surface area contributed by atoms with Crippen LogP contribution in [0.4, 0.5) is 8.78 Å². The summed E-state index contributed by atoms with van der Waals surface area (Å²) < 4.78 is 25.8. The van der Waals surface area contributed by atoms with Crippen LogP contribution in [0.5, 0.6) is 0 Å². The Bertz CT molecular complexity index is 339. The highest BCUT2D eigenvalue weighted by Gasteiger charge is 2.24. The zero-order valence-electron chi connectivity index (χ0n) is 8.18. The van der Waals surface area contributed by atoms with Gasteiger partial charge in [0.2, 0.25) is 0 Å². The van der Waals surface area contributed by atoms with Gasteiger partial charge in [0.1, 0.15) is 0 Å². The minimum Gasteiger partial charge on any atom is -0.294 e. The van der Waals surface area contributed by atoms with Gasteiger partial charge in [-0.2, -0.15) is 0 Å². The number of Topliss-reactive ketones (excluding diaryl/α,β-unsaturated/α-hetero) is 1.